The summed E-state index contributed by atoms with van der Waals surface area (Å²) >= 11 is 3.36. The van der Waals surface area contributed by atoms with Crippen LogP contribution in [0.15, 0.2) is 76.8 Å². The van der Waals surface area contributed by atoms with Gasteiger partial charge in [-0.2, -0.15) is 5.26 Å². The maximum atomic E-state index is 12.5. The van der Waals surface area contributed by atoms with Gasteiger partial charge in [-0.1, -0.05) is 28.1 Å². The van der Waals surface area contributed by atoms with Gasteiger partial charge in [-0.3, -0.25) is 14.9 Å². The van der Waals surface area contributed by atoms with Crippen molar-refractivity contribution in [2.75, 3.05) is 5.32 Å². The molecule has 2 N–H and O–H groups in total. The number of non-ortho nitro benzene ring substituents is 1. The van der Waals surface area contributed by atoms with E-state index in [0.29, 0.717) is 27.0 Å². The Bertz CT molecular complexity index is 1230. The number of nitriles is 1. The first-order chi connectivity index (χ1) is 15.4. The number of carbonyl (C=O) groups is 1. The highest BCUT2D eigenvalue weighted by Gasteiger charge is 2.13. The van der Waals surface area contributed by atoms with Crippen molar-refractivity contribution in [3.8, 4) is 17.6 Å². The fourth-order valence-electron chi connectivity index (χ4n) is 2.73. The van der Waals surface area contributed by atoms with E-state index in [2.05, 4.69) is 21.2 Å². The second kappa shape index (κ2) is 10.2. The molecule has 8 nitrogen and oxygen atoms in total. The van der Waals surface area contributed by atoms with Crippen LogP contribution in [0.25, 0.3) is 6.08 Å². The Hall–Kier alpha value is -4.16. The Morgan fingerprint density at radius 3 is 2.62 bits per heavy atom. The fraction of sp³-hybridized carbons (Fsp3) is 0.0435. The summed E-state index contributed by atoms with van der Waals surface area (Å²) < 4.78 is 6.52. The predicted molar refractivity (Wildman–Crippen MR) is 122 cm³/mol. The van der Waals surface area contributed by atoms with Crippen LogP contribution in [0.4, 0.5) is 11.4 Å². The van der Waals surface area contributed by atoms with Crippen molar-refractivity contribution < 1.29 is 19.6 Å². The van der Waals surface area contributed by atoms with E-state index in [-0.39, 0.29) is 23.6 Å². The first kappa shape index (κ1) is 22.5. The molecule has 0 heterocycles. The summed E-state index contributed by atoms with van der Waals surface area (Å²) in [5, 5.41) is 32.4. The minimum Gasteiger partial charge on any atom is -0.508 e. The molecule has 32 heavy (non-hydrogen) atoms. The fourth-order valence-corrected chi connectivity index (χ4v) is 3.11. The summed E-state index contributed by atoms with van der Waals surface area (Å²) in [4.78, 5) is 23.0. The number of hydrogen-bond acceptors (Lipinski definition) is 6. The second-order valence-electron chi connectivity index (χ2n) is 6.57. The van der Waals surface area contributed by atoms with E-state index in [9.17, 15) is 25.3 Å². The number of nitro benzene ring substituents is 1. The molecule has 3 aromatic rings. The molecule has 0 radical (unpaired) electrons. The van der Waals surface area contributed by atoms with Crippen LogP contribution in [-0.2, 0) is 11.4 Å². The van der Waals surface area contributed by atoms with Crippen LogP contribution >= 0.6 is 15.9 Å². The van der Waals surface area contributed by atoms with Gasteiger partial charge in [0, 0.05) is 27.9 Å². The maximum Gasteiger partial charge on any atom is 0.269 e. The minimum atomic E-state index is -0.622. The molecular formula is C23H16BrN3O5. The smallest absolute Gasteiger partial charge is 0.269 e. The highest BCUT2D eigenvalue weighted by molar-refractivity contribution is 9.10. The van der Waals surface area contributed by atoms with Gasteiger partial charge >= 0.3 is 0 Å². The number of anilines is 1. The van der Waals surface area contributed by atoms with Crippen LogP contribution < -0.4 is 10.1 Å². The van der Waals surface area contributed by atoms with Gasteiger partial charge in [-0.05, 0) is 54.1 Å². The number of nitrogens with one attached hydrogen (secondary N) is 1. The molecule has 0 unspecified atom stereocenters. The standard InChI is InChI=1S/C23H16BrN3O5/c24-18-4-9-22(32-14-15-2-1-3-20(10-15)27(30)31)16(12-18)11-17(13-25)23(29)26-19-5-7-21(28)8-6-19/h1-12,28H,14H2,(H,26,29)/b17-11+. The summed E-state index contributed by atoms with van der Waals surface area (Å²) in [6, 6.07) is 18.9. The number of rotatable bonds is 7. The van der Waals surface area contributed by atoms with Crippen molar-refractivity contribution in [2.24, 2.45) is 0 Å². The third kappa shape index (κ3) is 5.93. The van der Waals surface area contributed by atoms with E-state index in [4.69, 9.17) is 4.74 Å². The number of phenols is 1. The normalized spacial score (nSPS) is 10.8. The lowest BCUT2D eigenvalue weighted by Gasteiger charge is -2.11. The summed E-state index contributed by atoms with van der Waals surface area (Å²) in [5.74, 6) is -0.175. The highest BCUT2D eigenvalue weighted by atomic mass is 79.9. The van der Waals surface area contributed by atoms with E-state index in [0.717, 1.165) is 0 Å². The number of carbonyl (C=O) groups excluding carboxylic acids is 1. The lowest BCUT2D eigenvalue weighted by atomic mass is 10.1. The van der Waals surface area contributed by atoms with Crippen molar-refractivity contribution in [3.63, 3.8) is 0 Å². The summed E-state index contributed by atoms with van der Waals surface area (Å²) in [5.41, 5.74) is 1.30. The van der Waals surface area contributed by atoms with Crippen molar-refractivity contribution in [1.29, 1.82) is 5.26 Å². The number of nitrogens with zero attached hydrogens (tertiary/aromatic N) is 2. The lowest BCUT2D eigenvalue weighted by molar-refractivity contribution is -0.384. The Balaban J connectivity index is 1.82. The van der Waals surface area contributed by atoms with Gasteiger partial charge in [0.1, 0.15) is 29.7 Å². The number of nitro groups is 1. The van der Waals surface area contributed by atoms with Gasteiger partial charge in [0.25, 0.3) is 11.6 Å². The van der Waals surface area contributed by atoms with Crippen molar-refractivity contribution >= 4 is 39.3 Å². The molecule has 3 aromatic carbocycles. The van der Waals surface area contributed by atoms with Gasteiger partial charge in [-0.25, -0.2) is 0 Å². The molecule has 1 amide bonds. The Labute approximate surface area is 191 Å². The number of amides is 1. The summed E-state index contributed by atoms with van der Waals surface area (Å²) in [7, 11) is 0. The molecule has 0 aliphatic rings. The van der Waals surface area contributed by atoms with Gasteiger partial charge in [0.2, 0.25) is 0 Å². The zero-order valence-corrected chi connectivity index (χ0v) is 18.1. The molecule has 0 spiro atoms. The van der Waals surface area contributed by atoms with Crippen LogP contribution in [0, 0.1) is 21.4 Å². The number of hydrogen-bond donors (Lipinski definition) is 2. The van der Waals surface area contributed by atoms with E-state index < -0.39 is 10.8 Å². The van der Waals surface area contributed by atoms with Gasteiger partial charge in [-0.15, -0.1) is 0 Å². The van der Waals surface area contributed by atoms with E-state index >= 15 is 0 Å². The number of ether oxygens (including phenoxy) is 1. The molecular weight excluding hydrogens is 478 g/mol. The molecule has 160 valence electrons. The van der Waals surface area contributed by atoms with Crippen LogP contribution in [0.1, 0.15) is 11.1 Å². The Morgan fingerprint density at radius 2 is 1.94 bits per heavy atom. The SMILES string of the molecule is N#C/C(=C\c1cc(Br)ccc1OCc1cccc([N+](=O)[O-])c1)C(=O)Nc1ccc(O)cc1. The Morgan fingerprint density at radius 1 is 1.19 bits per heavy atom. The quantitative estimate of drug-likeness (QED) is 0.153. The molecule has 9 heteroatoms. The third-order valence-electron chi connectivity index (χ3n) is 4.28. The topological polar surface area (TPSA) is 125 Å². The van der Waals surface area contributed by atoms with E-state index in [1.165, 1.54) is 42.5 Å². The monoisotopic (exact) mass is 493 g/mol. The number of halogens is 1. The minimum absolute atomic E-state index is 0.0420. The first-order valence-electron chi connectivity index (χ1n) is 9.23. The maximum absolute atomic E-state index is 12.5. The molecule has 0 bridgehead atoms. The zero-order valence-electron chi connectivity index (χ0n) is 16.5. The van der Waals surface area contributed by atoms with Gasteiger partial charge in [0.05, 0.1) is 4.92 Å². The molecule has 0 aliphatic carbocycles. The number of benzene rings is 3. The van der Waals surface area contributed by atoms with Gasteiger partial charge in [0.15, 0.2) is 0 Å². The number of aromatic hydroxyl groups is 1. The summed E-state index contributed by atoms with van der Waals surface area (Å²) in [6.45, 7) is 0.0613. The molecule has 0 aromatic heterocycles. The Kier molecular flexibility index (Phi) is 7.21. The molecule has 0 aliphatic heterocycles. The predicted octanol–water partition coefficient (Wildman–Crippen LogP) is 5.19. The average Bonchev–Trinajstić information content (AvgIpc) is 2.78. The van der Waals surface area contributed by atoms with Crippen LogP contribution in [0.2, 0.25) is 0 Å². The second-order valence-corrected chi connectivity index (χ2v) is 7.48. The number of phenolic OH excluding ortho intramolecular Hbond substituents is 1. The van der Waals surface area contributed by atoms with Crippen LogP contribution in [-0.4, -0.2) is 15.9 Å². The first-order valence-corrected chi connectivity index (χ1v) is 10.0. The molecule has 3 rings (SSSR count). The van der Waals surface area contributed by atoms with Crippen LogP contribution in [0.5, 0.6) is 11.5 Å². The van der Waals surface area contributed by atoms with E-state index in [1.807, 2.05) is 6.07 Å². The van der Waals surface area contributed by atoms with Crippen molar-refractivity contribution in [1.82, 2.24) is 0 Å². The molecule has 0 atom stereocenters. The average molecular weight is 494 g/mol. The van der Waals surface area contributed by atoms with Gasteiger partial charge < -0.3 is 15.2 Å². The molecule has 0 saturated carbocycles. The molecule has 0 saturated heterocycles. The van der Waals surface area contributed by atoms with Crippen molar-refractivity contribution in [3.05, 3.63) is 98.0 Å². The van der Waals surface area contributed by atoms with E-state index in [1.54, 1.807) is 30.3 Å². The summed E-state index contributed by atoms with van der Waals surface area (Å²) in [6.07, 6.45) is 1.39. The highest BCUT2D eigenvalue weighted by Crippen LogP contribution is 2.27. The van der Waals surface area contributed by atoms with Crippen LogP contribution in [0.3, 0.4) is 0 Å². The zero-order chi connectivity index (χ0) is 23.1. The third-order valence-corrected chi connectivity index (χ3v) is 4.77. The lowest BCUT2D eigenvalue weighted by Crippen LogP contribution is -2.13. The largest absolute Gasteiger partial charge is 0.508 e. The molecule has 0 fully saturated rings. The van der Waals surface area contributed by atoms with Crippen molar-refractivity contribution in [2.45, 2.75) is 6.61 Å².